The van der Waals surface area contributed by atoms with Gasteiger partial charge in [-0.3, -0.25) is 9.59 Å². The van der Waals surface area contributed by atoms with E-state index in [2.05, 4.69) is 46.3 Å². The molecule has 1 aromatic carbocycles. The van der Waals surface area contributed by atoms with Crippen LogP contribution >= 0.6 is 0 Å². The number of benzene rings is 1. The van der Waals surface area contributed by atoms with E-state index in [0.717, 1.165) is 12.8 Å². The molecule has 0 radical (unpaired) electrons. The maximum absolute atomic E-state index is 12.3. The second kappa shape index (κ2) is 18.1. The van der Waals surface area contributed by atoms with Crippen molar-refractivity contribution in [1.29, 1.82) is 0 Å². The van der Waals surface area contributed by atoms with Crippen LogP contribution in [-0.2, 0) is 14.3 Å². The van der Waals surface area contributed by atoms with E-state index < -0.39 is 6.23 Å². The van der Waals surface area contributed by atoms with Crippen LogP contribution in [-0.4, -0.2) is 57.6 Å². The van der Waals surface area contributed by atoms with Gasteiger partial charge in [-0.1, -0.05) is 50.7 Å². The van der Waals surface area contributed by atoms with Crippen molar-refractivity contribution in [3.05, 3.63) is 40.3 Å². The topological polar surface area (TPSA) is 135 Å². The van der Waals surface area contributed by atoms with Gasteiger partial charge >= 0.3 is 0 Å². The number of carbonyl (C=O) groups excluding carboxylic acids is 2. The fourth-order valence-electron chi connectivity index (χ4n) is 2.74. The lowest BCUT2D eigenvalue weighted by Gasteiger charge is -2.14. The summed E-state index contributed by atoms with van der Waals surface area (Å²) in [6, 6.07) is 6.75. The van der Waals surface area contributed by atoms with Crippen LogP contribution in [0.1, 0.15) is 50.9 Å². The van der Waals surface area contributed by atoms with Crippen molar-refractivity contribution in [2.45, 2.75) is 46.8 Å². The summed E-state index contributed by atoms with van der Waals surface area (Å²) in [6.07, 6.45) is 1.08. The SMILES string of the molecule is CC(C)C#CCNC(=O)COCCO[C@H](COc1cccc(C(=O)NCCCC(C)C)c1)N=[N+]=[N-]. The Hall–Kier alpha value is -3.25. The molecule has 0 saturated heterocycles. The highest BCUT2D eigenvalue weighted by molar-refractivity contribution is 5.94. The predicted octanol–water partition coefficient (Wildman–Crippen LogP) is 3.68. The van der Waals surface area contributed by atoms with Gasteiger partial charge < -0.3 is 24.8 Å². The van der Waals surface area contributed by atoms with Crippen molar-refractivity contribution < 1.29 is 23.8 Å². The minimum atomic E-state index is -0.891. The summed E-state index contributed by atoms with van der Waals surface area (Å²) in [6.45, 7) is 9.20. The summed E-state index contributed by atoms with van der Waals surface area (Å²) in [5.74, 6) is 6.66. The van der Waals surface area contributed by atoms with E-state index in [1.54, 1.807) is 24.3 Å². The van der Waals surface area contributed by atoms with Crippen molar-refractivity contribution in [1.82, 2.24) is 10.6 Å². The number of azide groups is 1. The van der Waals surface area contributed by atoms with E-state index in [1.165, 1.54) is 0 Å². The zero-order valence-electron chi connectivity index (χ0n) is 21.1. The van der Waals surface area contributed by atoms with Crippen LogP contribution in [0.4, 0.5) is 0 Å². The molecule has 2 amide bonds. The van der Waals surface area contributed by atoms with Gasteiger partial charge in [0.05, 0.1) is 19.8 Å². The van der Waals surface area contributed by atoms with Crippen molar-refractivity contribution in [2.75, 3.05) is 39.5 Å². The number of ether oxygens (including phenoxy) is 3. The zero-order chi connectivity index (χ0) is 25.9. The van der Waals surface area contributed by atoms with Crippen LogP contribution in [0.15, 0.2) is 29.4 Å². The molecule has 0 aliphatic rings. The fraction of sp³-hybridized carbons (Fsp3) is 0.600. The lowest BCUT2D eigenvalue weighted by Crippen LogP contribution is -2.29. The summed E-state index contributed by atoms with van der Waals surface area (Å²) in [4.78, 5) is 26.8. The number of nitrogens with one attached hydrogen (secondary N) is 2. The average Bonchev–Trinajstić information content (AvgIpc) is 2.82. The molecule has 0 aliphatic heterocycles. The lowest BCUT2D eigenvalue weighted by atomic mass is 10.1. The third-order valence-electron chi connectivity index (χ3n) is 4.45. The molecule has 0 heterocycles. The zero-order valence-corrected chi connectivity index (χ0v) is 21.1. The minimum Gasteiger partial charge on any atom is -0.491 e. The molecule has 1 atom stereocenters. The van der Waals surface area contributed by atoms with Crippen LogP contribution in [0.2, 0.25) is 0 Å². The standard InChI is InChI=1S/C25H37N5O5/c1-19(2)8-6-12-27-23(31)17-33-14-15-34-24(29-30-26)18-35-22-11-5-10-21(16-22)25(32)28-13-7-9-20(3)4/h5,10-11,16,19-20,24H,7,9,12-15,17-18H2,1-4H3,(H,27,31)(H,28,32)/t24-/m1/s1. The number of hydrogen-bond donors (Lipinski definition) is 2. The molecule has 0 saturated carbocycles. The van der Waals surface area contributed by atoms with Gasteiger partial charge in [0.1, 0.15) is 19.0 Å². The summed E-state index contributed by atoms with van der Waals surface area (Å²) in [5, 5.41) is 9.09. The van der Waals surface area contributed by atoms with Crippen LogP contribution < -0.4 is 15.4 Å². The first-order valence-electron chi connectivity index (χ1n) is 11.8. The van der Waals surface area contributed by atoms with E-state index >= 15 is 0 Å². The minimum absolute atomic E-state index is 0.0431. The van der Waals surface area contributed by atoms with Gasteiger partial charge in [0.2, 0.25) is 5.91 Å². The Labute approximate surface area is 207 Å². The van der Waals surface area contributed by atoms with Gasteiger partial charge in [-0.15, -0.1) is 0 Å². The number of nitrogens with zero attached hydrogens (tertiary/aromatic N) is 3. The van der Waals surface area contributed by atoms with E-state index in [4.69, 9.17) is 19.7 Å². The largest absolute Gasteiger partial charge is 0.491 e. The molecule has 2 N–H and O–H groups in total. The number of amides is 2. The number of hydrogen-bond acceptors (Lipinski definition) is 6. The molecule has 10 heteroatoms. The van der Waals surface area contributed by atoms with Crippen LogP contribution in [0.25, 0.3) is 10.4 Å². The van der Waals surface area contributed by atoms with Crippen LogP contribution in [0, 0.1) is 23.7 Å². The third-order valence-corrected chi connectivity index (χ3v) is 4.45. The first kappa shape index (κ1) is 29.8. The van der Waals surface area contributed by atoms with E-state index in [-0.39, 0.29) is 50.7 Å². The summed E-state index contributed by atoms with van der Waals surface area (Å²) in [5.41, 5.74) is 9.26. The predicted molar refractivity (Wildman–Crippen MR) is 134 cm³/mol. The van der Waals surface area contributed by atoms with Crippen molar-refractivity contribution in [3.8, 4) is 17.6 Å². The second-order valence-electron chi connectivity index (χ2n) is 8.47. The van der Waals surface area contributed by atoms with Crippen molar-refractivity contribution in [3.63, 3.8) is 0 Å². The van der Waals surface area contributed by atoms with Crippen molar-refractivity contribution >= 4 is 11.8 Å². The Morgan fingerprint density at radius 2 is 1.97 bits per heavy atom. The average molecular weight is 488 g/mol. The Kier molecular flexibility index (Phi) is 15.4. The third kappa shape index (κ3) is 15.3. The molecule has 1 rings (SSSR count). The number of carbonyl (C=O) groups is 2. The van der Waals surface area contributed by atoms with Crippen LogP contribution in [0.3, 0.4) is 0 Å². The van der Waals surface area contributed by atoms with Gasteiger partial charge in [0.15, 0.2) is 6.23 Å². The summed E-state index contributed by atoms with van der Waals surface area (Å²) >= 11 is 0. The normalized spacial score (nSPS) is 11.3. The summed E-state index contributed by atoms with van der Waals surface area (Å²) in [7, 11) is 0. The molecule has 0 spiro atoms. The molecule has 0 bridgehead atoms. The molecule has 1 aromatic rings. The maximum atomic E-state index is 12.3. The molecule has 10 nitrogen and oxygen atoms in total. The van der Waals surface area contributed by atoms with Gasteiger partial charge in [0, 0.05) is 22.9 Å². The molecular formula is C25H37N5O5. The number of rotatable bonds is 16. The first-order chi connectivity index (χ1) is 16.8. The van der Waals surface area contributed by atoms with Crippen molar-refractivity contribution in [2.24, 2.45) is 17.0 Å². The summed E-state index contributed by atoms with van der Waals surface area (Å²) < 4.78 is 16.4. The Morgan fingerprint density at radius 3 is 2.69 bits per heavy atom. The Balaban J connectivity index is 2.36. The molecule has 0 aliphatic carbocycles. The van der Waals surface area contributed by atoms with Gasteiger partial charge in [-0.2, -0.15) is 0 Å². The maximum Gasteiger partial charge on any atom is 0.251 e. The van der Waals surface area contributed by atoms with Gasteiger partial charge in [-0.25, -0.2) is 0 Å². The highest BCUT2D eigenvalue weighted by Gasteiger charge is 2.11. The quantitative estimate of drug-likeness (QED) is 0.121. The Bertz CT molecular complexity index is 888. The first-order valence-corrected chi connectivity index (χ1v) is 11.8. The molecule has 35 heavy (non-hydrogen) atoms. The van der Waals surface area contributed by atoms with Gasteiger partial charge in [-0.05, 0) is 42.5 Å². The molecule has 0 unspecified atom stereocenters. The Morgan fingerprint density at radius 1 is 1.17 bits per heavy atom. The highest BCUT2D eigenvalue weighted by Crippen LogP contribution is 2.14. The van der Waals surface area contributed by atoms with E-state index in [0.29, 0.717) is 23.8 Å². The fourth-order valence-corrected chi connectivity index (χ4v) is 2.74. The van der Waals surface area contributed by atoms with Gasteiger partial charge in [0.25, 0.3) is 5.91 Å². The van der Waals surface area contributed by atoms with E-state index in [9.17, 15) is 9.59 Å². The smallest absolute Gasteiger partial charge is 0.251 e. The lowest BCUT2D eigenvalue weighted by molar-refractivity contribution is -0.126. The molecular weight excluding hydrogens is 450 g/mol. The van der Waals surface area contributed by atoms with E-state index in [1.807, 2.05) is 13.8 Å². The van der Waals surface area contributed by atoms with Crippen LogP contribution in [0.5, 0.6) is 5.75 Å². The molecule has 192 valence electrons. The highest BCUT2D eigenvalue weighted by atomic mass is 16.6. The monoisotopic (exact) mass is 487 g/mol. The second-order valence-corrected chi connectivity index (χ2v) is 8.47. The molecule has 0 aromatic heterocycles. The molecule has 0 fully saturated rings.